The third-order valence-electron chi connectivity index (χ3n) is 3.87. The van der Waals surface area contributed by atoms with Crippen molar-refractivity contribution in [1.82, 2.24) is 4.98 Å². The summed E-state index contributed by atoms with van der Waals surface area (Å²) in [7, 11) is 0. The van der Waals surface area contributed by atoms with Crippen LogP contribution in [0.15, 0.2) is 60.9 Å². The quantitative estimate of drug-likeness (QED) is 0.563. The van der Waals surface area contributed by atoms with Crippen LogP contribution in [0, 0.1) is 5.82 Å². The number of pyridine rings is 1. The first kappa shape index (κ1) is 14.2. The average Bonchev–Trinajstić information content (AvgIpc) is 2.55. The molecule has 106 valence electrons. The number of hydrogen-bond acceptors (Lipinski definition) is 1. The zero-order chi connectivity index (χ0) is 14.8. The molecule has 0 aliphatic rings. The summed E-state index contributed by atoms with van der Waals surface area (Å²) in [5.41, 5.74) is 2.32. The van der Waals surface area contributed by atoms with Gasteiger partial charge in [-0.2, -0.15) is 0 Å². The van der Waals surface area contributed by atoms with Crippen LogP contribution in [0.4, 0.5) is 4.39 Å². The lowest BCUT2D eigenvalue weighted by Gasteiger charge is -2.21. The number of aromatic nitrogens is 1. The summed E-state index contributed by atoms with van der Waals surface area (Å²) < 4.78 is 13.9. The van der Waals surface area contributed by atoms with E-state index in [-0.39, 0.29) is 16.6 Å². The van der Waals surface area contributed by atoms with E-state index in [0.29, 0.717) is 5.39 Å². The highest BCUT2D eigenvalue weighted by Gasteiger charge is 2.20. The maximum atomic E-state index is 13.9. The monoisotopic (exact) mass is 343 g/mol. The fourth-order valence-corrected chi connectivity index (χ4v) is 3.34. The van der Waals surface area contributed by atoms with E-state index >= 15 is 0 Å². The average molecular weight is 344 g/mol. The van der Waals surface area contributed by atoms with Gasteiger partial charge in [0.15, 0.2) is 0 Å². The Bertz CT molecular complexity index is 758. The minimum atomic E-state index is -0.175. The van der Waals surface area contributed by atoms with Crippen LogP contribution in [0.5, 0.6) is 0 Å². The molecular formula is C18H15BrFN. The number of halogens is 2. The Morgan fingerprint density at radius 3 is 2.33 bits per heavy atom. The molecular weight excluding hydrogens is 329 g/mol. The summed E-state index contributed by atoms with van der Waals surface area (Å²) in [5, 5.41) is 1.63. The van der Waals surface area contributed by atoms with Crippen LogP contribution in [-0.2, 0) is 0 Å². The van der Waals surface area contributed by atoms with Gasteiger partial charge in [-0.1, -0.05) is 53.2 Å². The topological polar surface area (TPSA) is 12.9 Å². The third kappa shape index (κ3) is 2.70. The van der Waals surface area contributed by atoms with Gasteiger partial charge in [0.05, 0.1) is 0 Å². The first-order chi connectivity index (χ1) is 10.2. The summed E-state index contributed by atoms with van der Waals surface area (Å²) in [6.07, 6.45) is 3.60. The van der Waals surface area contributed by atoms with Gasteiger partial charge < -0.3 is 0 Å². The maximum Gasteiger partial charge on any atom is 0.131 e. The van der Waals surface area contributed by atoms with Crippen molar-refractivity contribution in [2.75, 3.05) is 0 Å². The molecule has 0 fully saturated rings. The molecule has 0 saturated heterocycles. The van der Waals surface area contributed by atoms with Crippen LogP contribution in [0.2, 0.25) is 0 Å². The zero-order valence-electron chi connectivity index (χ0n) is 11.6. The van der Waals surface area contributed by atoms with Gasteiger partial charge in [-0.3, -0.25) is 4.98 Å². The molecule has 3 rings (SSSR count). The van der Waals surface area contributed by atoms with Crippen LogP contribution in [0.1, 0.15) is 28.8 Å². The Labute approximate surface area is 132 Å². The van der Waals surface area contributed by atoms with E-state index in [1.54, 1.807) is 18.5 Å². The molecule has 3 heteroatoms. The Morgan fingerprint density at radius 1 is 0.952 bits per heavy atom. The first-order valence-corrected chi connectivity index (χ1v) is 7.81. The van der Waals surface area contributed by atoms with Crippen LogP contribution in [0.3, 0.4) is 0 Å². The van der Waals surface area contributed by atoms with Crippen LogP contribution in [0.25, 0.3) is 10.8 Å². The molecule has 1 heterocycles. The molecule has 2 unspecified atom stereocenters. The molecule has 0 N–H and O–H groups in total. The molecule has 3 aromatic rings. The Kier molecular flexibility index (Phi) is 4.02. The zero-order valence-corrected chi connectivity index (χ0v) is 13.2. The van der Waals surface area contributed by atoms with E-state index < -0.39 is 0 Å². The van der Waals surface area contributed by atoms with Crippen molar-refractivity contribution in [1.29, 1.82) is 0 Å². The molecule has 2 aromatic carbocycles. The number of fused-ring (bicyclic) bond motifs is 1. The second-order valence-corrected chi connectivity index (χ2v) is 6.14. The summed E-state index contributed by atoms with van der Waals surface area (Å²) in [5.74, 6) is 0.0903. The van der Waals surface area contributed by atoms with Gasteiger partial charge in [-0.15, -0.1) is 0 Å². The van der Waals surface area contributed by atoms with Crippen LogP contribution < -0.4 is 0 Å². The van der Waals surface area contributed by atoms with Crippen molar-refractivity contribution >= 4 is 26.7 Å². The molecule has 0 saturated carbocycles. The first-order valence-electron chi connectivity index (χ1n) is 6.89. The number of benzene rings is 2. The highest BCUT2D eigenvalue weighted by atomic mass is 79.9. The van der Waals surface area contributed by atoms with Gasteiger partial charge in [0.1, 0.15) is 5.82 Å². The molecule has 0 radical (unpaired) electrons. The number of hydrogen-bond donors (Lipinski definition) is 0. The van der Waals surface area contributed by atoms with Crippen molar-refractivity contribution in [3.05, 3.63) is 77.9 Å². The standard InChI is InChI=1S/C18H15BrFN/c1-12(13-8-10-21-11-9-13)18(19)16-6-7-17(20)15-5-3-2-4-14(15)16/h2-12,18H,1H3. The van der Waals surface area contributed by atoms with Crippen molar-refractivity contribution < 1.29 is 4.39 Å². The minimum Gasteiger partial charge on any atom is -0.265 e. The van der Waals surface area contributed by atoms with E-state index in [1.807, 2.05) is 42.5 Å². The Morgan fingerprint density at radius 2 is 1.62 bits per heavy atom. The molecule has 0 aliphatic heterocycles. The number of nitrogens with zero attached hydrogens (tertiary/aromatic N) is 1. The van der Waals surface area contributed by atoms with Gasteiger partial charge in [0.2, 0.25) is 0 Å². The van der Waals surface area contributed by atoms with Crippen molar-refractivity contribution in [3.63, 3.8) is 0 Å². The van der Waals surface area contributed by atoms with Crippen LogP contribution >= 0.6 is 15.9 Å². The highest BCUT2D eigenvalue weighted by Crippen LogP contribution is 2.40. The normalized spacial score (nSPS) is 14.0. The molecule has 1 aromatic heterocycles. The predicted molar refractivity (Wildman–Crippen MR) is 88.2 cm³/mol. The predicted octanol–water partition coefficient (Wildman–Crippen LogP) is 5.61. The Balaban J connectivity index is 2.06. The second-order valence-electron chi connectivity index (χ2n) is 5.15. The second kappa shape index (κ2) is 5.94. The van der Waals surface area contributed by atoms with E-state index in [1.165, 1.54) is 5.56 Å². The fraction of sp³-hybridized carbons (Fsp3) is 0.167. The van der Waals surface area contributed by atoms with E-state index in [2.05, 4.69) is 27.8 Å². The number of alkyl halides is 1. The molecule has 2 atom stereocenters. The molecule has 21 heavy (non-hydrogen) atoms. The van der Waals surface area contributed by atoms with Gasteiger partial charge in [0.25, 0.3) is 0 Å². The molecule has 0 spiro atoms. The lowest BCUT2D eigenvalue weighted by atomic mass is 9.91. The van der Waals surface area contributed by atoms with Crippen LogP contribution in [-0.4, -0.2) is 4.98 Å². The smallest absolute Gasteiger partial charge is 0.131 e. The maximum absolute atomic E-state index is 13.9. The minimum absolute atomic E-state index is 0.116. The summed E-state index contributed by atoms with van der Waals surface area (Å²) >= 11 is 3.79. The summed E-state index contributed by atoms with van der Waals surface area (Å²) in [6, 6.07) is 15.1. The van der Waals surface area contributed by atoms with Gasteiger partial charge in [-0.25, -0.2) is 4.39 Å². The van der Waals surface area contributed by atoms with Gasteiger partial charge >= 0.3 is 0 Å². The van der Waals surface area contributed by atoms with E-state index in [9.17, 15) is 4.39 Å². The van der Waals surface area contributed by atoms with Gasteiger partial charge in [-0.05, 0) is 40.6 Å². The Hall–Kier alpha value is -1.74. The summed E-state index contributed by atoms with van der Waals surface area (Å²) in [4.78, 5) is 4.17. The summed E-state index contributed by atoms with van der Waals surface area (Å²) in [6.45, 7) is 2.16. The molecule has 0 bridgehead atoms. The lowest BCUT2D eigenvalue weighted by molar-refractivity contribution is 0.638. The molecule has 0 amide bonds. The van der Waals surface area contributed by atoms with Crippen molar-refractivity contribution in [3.8, 4) is 0 Å². The molecule has 1 nitrogen and oxygen atoms in total. The van der Waals surface area contributed by atoms with Crippen molar-refractivity contribution in [2.24, 2.45) is 0 Å². The highest BCUT2D eigenvalue weighted by molar-refractivity contribution is 9.09. The van der Waals surface area contributed by atoms with Gasteiger partial charge in [0, 0.05) is 22.6 Å². The third-order valence-corrected chi connectivity index (χ3v) is 5.16. The van der Waals surface area contributed by atoms with E-state index in [4.69, 9.17) is 0 Å². The lowest BCUT2D eigenvalue weighted by Crippen LogP contribution is -2.03. The molecule has 0 aliphatic carbocycles. The van der Waals surface area contributed by atoms with Crippen molar-refractivity contribution in [2.45, 2.75) is 17.7 Å². The fourth-order valence-electron chi connectivity index (χ4n) is 2.63. The largest absolute Gasteiger partial charge is 0.265 e. The van der Waals surface area contributed by atoms with E-state index in [0.717, 1.165) is 10.9 Å². The SMILES string of the molecule is CC(c1ccncc1)C(Br)c1ccc(F)c2ccccc12. The number of rotatable bonds is 3.